The SMILES string of the molecule is Cc1cc(Br)ccc1C(O)C1CC1. The van der Waals surface area contributed by atoms with Crippen molar-refractivity contribution in [2.24, 2.45) is 5.92 Å². The fourth-order valence-electron chi connectivity index (χ4n) is 1.64. The van der Waals surface area contributed by atoms with Crippen LogP contribution in [0.1, 0.15) is 30.1 Å². The third-order valence-corrected chi connectivity index (χ3v) is 3.11. The largest absolute Gasteiger partial charge is 0.388 e. The third-order valence-electron chi connectivity index (χ3n) is 2.62. The highest BCUT2D eigenvalue weighted by Gasteiger charge is 2.31. The maximum atomic E-state index is 9.92. The number of aliphatic hydroxyl groups is 1. The number of hydrogen-bond acceptors (Lipinski definition) is 1. The van der Waals surface area contributed by atoms with Gasteiger partial charge in [-0.25, -0.2) is 0 Å². The van der Waals surface area contributed by atoms with E-state index >= 15 is 0 Å². The number of rotatable bonds is 2. The molecule has 0 bridgehead atoms. The van der Waals surface area contributed by atoms with Gasteiger partial charge in [0.15, 0.2) is 0 Å². The molecule has 2 heteroatoms. The van der Waals surface area contributed by atoms with Crippen molar-refractivity contribution >= 4 is 15.9 Å². The molecule has 1 aliphatic carbocycles. The van der Waals surface area contributed by atoms with Crippen LogP contribution < -0.4 is 0 Å². The van der Waals surface area contributed by atoms with Crippen LogP contribution in [0.15, 0.2) is 22.7 Å². The molecule has 1 saturated carbocycles. The van der Waals surface area contributed by atoms with Gasteiger partial charge in [0.25, 0.3) is 0 Å². The maximum Gasteiger partial charge on any atom is 0.0820 e. The molecule has 0 spiro atoms. The molecule has 1 aliphatic rings. The Morgan fingerprint density at radius 1 is 1.46 bits per heavy atom. The summed E-state index contributed by atoms with van der Waals surface area (Å²) >= 11 is 3.42. The monoisotopic (exact) mass is 240 g/mol. The van der Waals surface area contributed by atoms with Gasteiger partial charge in [0.2, 0.25) is 0 Å². The van der Waals surface area contributed by atoms with Crippen LogP contribution in [0.5, 0.6) is 0 Å². The lowest BCUT2D eigenvalue weighted by Crippen LogP contribution is -2.01. The van der Waals surface area contributed by atoms with E-state index in [9.17, 15) is 5.11 Å². The van der Waals surface area contributed by atoms with E-state index < -0.39 is 0 Å². The van der Waals surface area contributed by atoms with Gasteiger partial charge in [0.1, 0.15) is 0 Å². The molecule has 0 aliphatic heterocycles. The molecule has 2 rings (SSSR count). The summed E-state index contributed by atoms with van der Waals surface area (Å²) in [6, 6.07) is 6.07. The summed E-state index contributed by atoms with van der Waals surface area (Å²) in [4.78, 5) is 0. The molecule has 0 saturated heterocycles. The smallest absolute Gasteiger partial charge is 0.0820 e. The molecule has 1 nitrogen and oxygen atoms in total. The second-order valence-corrected chi connectivity index (χ2v) is 4.70. The summed E-state index contributed by atoms with van der Waals surface area (Å²) < 4.78 is 1.08. The number of hydrogen-bond donors (Lipinski definition) is 1. The van der Waals surface area contributed by atoms with E-state index in [1.807, 2.05) is 19.1 Å². The molecular formula is C11H13BrO. The van der Waals surface area contributed by atoms with Gasteiger partial charge in [-0.05, 0) is 48.9 Å². The van der Waals surface area contributed by atoms with Gasteiger partial charge in [-0.3, -0.25) is 0 Å². The minimum atomic E-state index is -0.243. The van der Waals surface area contributed by atoms with Crippen molar-refractivity contribution in [2.75, 3.05) is 0 Å². The van der Waals surface area contributed by atoms with E-state index in [1.165, 1.54) is 18.4 Å². The van der Waals surface area contributed by atoms with Gasteiger partial charge in [0, 0.05) is 4.47 Å². The van der Waals surface area contributed by atoms with Crippen LogP contribution in [-0.2, 0) is 0 Å². The van der Waals surface area contributed by atoms with Gasteiger partial charge in [-0.1, -0.05) is 22.0 Å². The Kier molecular flexibility index (Phi) is 2.43. The quantitative estimate of drug-likeness (QED) is 0.842. The van der Waals surface area contributed by atoms with Crippen molar-refractivity contribution in [3.05, 3.63) is 33.8 Å². The lowest BCUT2D eigenvalue weighted by atomic mass is 10.0. The molecule has 70 valence electrons. The lowest BCUT2D eigenvalue weighted by molar-refractivity contribution is 0.153. The highest BCUT2D eigenvalue weighted by Crippen LogP contribution is 2.41. The highest BCUT2D eigenvalue weighted by atomic mass is 79.9. The molecule has 13 heavy (non-hydrogen) atoms. The number of aliphatic hydroxyl groups excluding tert-OH is 1. The molecule has 0 amide bonds. The van der Waals surface area contributed by atoms with Gasteiger partial charge in [-0.15, -0.1) is 0 Å². The van der Waals surface area contributed by atoms with Crippen molar-refractivity contribution in [3.63, 3.8) is 0 Å². The van der Waals surface area contributed by atoms with Crippen LogP contribution in [-0.4, -0.2) is 5.11 Å². The van der Waals surface area contributed by atoms with Crippen molar-refractivity contribution < 1.29 is 5.11 Å². The summed E-state index contributed by atoms with van der Waals surface area (Å²) in [5.41, 5.74) is 2.26. The Balaban J connectivity index is 2.28. The average molecular weight is 241 g/mol. The lowest BCUT2D eigenvalue weighted by Gasteiger charge is -2.12. The van der Waals surface area contributed by atoms with E-state index in [2.05, 4.69) is 22.0 Å². The molecule has 1 atom stereocenters. The van der Waals surface area contributed by atoms with Crippen molar-refractivity contribution in [1.82, 2.24) is 0 Å². The van der Waals surface area contributed by atoms with Crippen molar-refractivity contribution in [2.45, 2.75) is 25.9 Å². The number of benzene rings is 1. The summed E-state index contributed by atoms with van der Waals surface area (Å²) in [6.07, 6.45) is 2.11. The Morgan fingerprint density at radius 3 is 2.69 bits per heavy atom. The topological polar surface area (TPSA) is 20.2 Å². The minimum absolute atomic E-state index is 0.243. The first-order chi connectivity index (χ1) is 6.18. The first-order valence-corrected chi connectivity index (χ1v) is 5.42. The standard InChI is InChI=1S/C11H13BrO/c1-7-6-9(12)4-5-10(7)11(13)8-2-3-8/h4-6,8,11,13H,2-3H2,1H3. The Bertz CT molecular complexity index is 318. The summed E-state index contributed by atoms with van der Waals surface area (Å²) in [7, 11) is 0. The van der Waals surface area contributed by atoms with E-state index in [0.717, 1.165) is 10.0 Å². The van der Waals surface area contributed by atoms with Crippen molar-refractivity contribution in [1.29, 1.82) is 0 Å². The Hall–Kier alpha value is -0.340. The maximum absolute atomic E-state index is 9.92. The molecule has 1 fully saturated rings. The average Bonchev–Trinajstić information content (AvgIpc) is 2.85. The number of halogens is 1. The van der Waals surface area contributed by atoms with Crippen LogP contribution >= 0.6 is 15.9 Å². The zero-order valence-corrected chi connectivity index (χ0v) is 9.21. The summed E-state index contributed by atoms with van der Waals surface area (Å²) in [6.45, 7) is 2.05. The Labute approximate surface area is 86.9 Å². The normalized spacial score (nSPS) is 18.7. The van der Waals surface area contributed by atoms with Crippen LogP contribution in [0.2, 0.25) is 0 Å². The molecule has 0 heterocycles. The first-order valence-electron chi connectivity index (χ1n) is 4.62. The van der Waals surface area contributed by atoms with E-state index in [4.69, 9.17) is 0 Å². The molecular weight excluding hydrogens is 228 g/mol. The second-order valence-electron chi connectivity index (χ2n) is 3.78. The van der Waals surface area contributed by atoms with Gasteiger partial charge in [-0.2, -0.15) is 0 Å². The molecule has 1 aromatic rings. The van der Waals surface area contributed by atoms with Crippen LogP contribution in [0, 0.1) is 12.8 Å². The van der Waals surface area contributed by atoms with Crippen LogP contribution in [0.25, 0.3) is 0 Å². The minimum Gasteiger partial charge on any atom is -0.388 e. The predicted molar refractivity (Wildman–Crippen MR) is 56.6 cm³/mol. The van der Waals surface area contributed by atoms with Crippen LogP contribution in [0.4, 0.5) is 0 Å². The Morgan fingerprint density at radius 2 is 2.15 bits per heavy atom. The highest BCUT2D eigenvalue weighted by molar-refractivity contribution is 9.10. The predicted octanol–water partition coefficient (Wildman–Crippen LogP) is 3.20. The molecule has 1 aromatic carbocycles. The zero-order valence-electron chi connectivity index (χ0n) is 7.63. The second kappa shape index (κ2) is 3.43. The van der Waals surface area contributed by atoms with Gasteiger partial charge in [0.05, 0.1) is 6.10 Å². The molecule has 1 unspecified atom stereocenters. The summed E-state index contributed by atoms with van der Waals surface area (Å²) in [5, 5.41) is 9.92. The van der Waals surface area contributed by atoms with E-state index in [0.29, 0.717) is 5.92 Å². The van der Waals surface area contributed by atoms with Gasteiger partial charge < -0.3 is 5.11 Å². The first kappa shape index (κ1) is 9.22. The molecule has 1 N–H and O–H groups in total. The fraction of sp³-hybridized carbons (Fsp3) is 0.455. The number of aryl methyl sites for hydroxylation is 1. The molecule has 0 radical (unpaired) electrons. The van der Waals surface area contributed by atoms with Gasteiger partial charge >= 0.3 is 0 Å². The molecule has 0 aromatic heterocycles. The summed E-state index contributed by atoms with van der Waals surface area (Å²) in [5.74, 6) is 0.514. The zero-order chi connectivity index (χ0) is 9.42. The third kappa shape index (κ3) is 1.94. The van der Waals surface area contributed by atoms with Crippen molar-refractivity contribution in [3.8, 4) is 0 Å². The van der Waals surface area contributed by atoms with E-state index in [1.54, 1.807) is 0 Å². The van der Waals surface area contributed by atoms with E-state index in [-0.39, 0.29) is 6.10 Å². The fourth-order valence-corrected chi connectivity index (χ4v) is 2.11. The van der Waals surface area contributed by atoms with Crippen LogP contribution in [0.3, 0.4) is 0 Å².